The largest absolute Gasteiger partial charge is 0.495 e. The van der Waals surface area contributed by atoms with Gasteiger partial charge >= 0.3 is 0 Å². The second-order valence-electron chi connectivity index (χ2n) is 7.06. The quantitative estimate of drug-likeness (QED) is 0.394. The van der Waals surface area contributed by atoms with E-state index in [-0.39, 0.29) is 18.1 Å². The third-order valence-electron chi connectivity index (χ3n) is 4.63. The molecule has 0 spiro atoms. The van der Waals surface area contributed by atoms with Gasteiger partial charge in [0.25, 0.3) is 11.8 Å². The fourth-order valence-electron chi connectivity index (χ4n) is 2.95. The molecule has 0 saturated heterocycles. The van der Waals surface area contributed by atoms with E-state index in [0.717, 1.165) is 5.56 Å². The summed E-state index contributed by atoms with van der Waals surface area (Å²) in [6.45, 7) is 1.68. The highest BCUT2D eigenvalue weighted by Crippen LogP contribution is 2.24. The first-order valence-corrected chi connectivity index (χ1v) is 10.1. The second-order valence-corrected chi connectivity index (χ2v) is 7.06. The average molecular weight is 441 g/mol. The molecule has 0 aliphatic heterocycles. The maximum Gasteiger partial charge on any atom is 0.266 e. The Bertz CT molecular complexity index is 1210. The van der Waals surface area contributed by atoms with Crippen molar-refractivity contribution in [3.05, 3.63) is 89.5 Å². The Kier molecular flexibility index (Phi) is 7.81. The van der Waals surface area contributed by atoms with Gasteiger partial charge in [0.05, 0.1) is 12.8 Å². The Morgan fingerprint density at radius 1 is 0.939 bits per heavy atom. The molecule has 7 nitrogen and oxygen atoms in total. The van der Waals surface area contributed by atoms with Gasteiger partial charge < -0.3 is 20.1 Å². The summed E-state index contributed by atoms with van der Waals surface area (Å²) in [5, 5.41) is 14.9. The molecule has 3 rings (SSSR count). The highest BCUT2D eigenvalue weighted by molar-refractivity contribution is 6.09. The summed E-state index contributed by atoms with van der Waals surface area (Å²) in [7, 11) is 1.52. The van der Waals surface area contributed by atoms with Gasteiger partial charge in [-0.05, 0) is 43.3 Å². The number of methoxy groups -OCH3 is 1. The highest BCUT2D eigenvalue weighted by atomic mass is 16.5. The fraction of sp³-hybridized carbons (Fsp3) is 0.115. The van der Waals surface area contributed by atoms with Gasteiger partial charge in [-0.1, -0.05) is 48.0 Å². The van der Waals surface area contributed by atoms with Crippen LogP contribution in [0.4, 0.5) is 11.4 Å². The lowest BCUT2D eigenvalue weighted by molar-refractivity contribution is -0.118. The van der Waals surface area contributed by atoms with Crippen molar-refractivity contribution < 1.29 is 19.1 Å². The molecule has 3 aromatic rings. The molecule has 0 radical (unpaired) electrons. The number of nitrogens with zero attached hydrogens (tertiary/aromatic N) is 1. The molecule has 7 heteroatoms. The molecule has 0 saturated carbocycles. The maximum absolute atomic E-state index is 12.6. The number of hydrogen-bond donors (Lipinski definition) is 2. The second kappa shape index (κ2) is 11.2. The predicted octanol–water partition coefficient (Wildman–Crippen LogP) is 4.57. The molecule has 2 N–H and O–H groups in total. The van der Waals surface area contributed by atoms with E-state index in [2.05, 4.69) is 10.6 Å². The van der Waals surface area contributed by atoms with Crippen molar-refractivity contribution in [2.24, 2.45) is 0 Å². The molecular weight excluding hydrogens is 418 g/mol. The number of nitriles is 1. The molecule has 0 heterocycles. The number of hydrogen-bond acceptors (Lipinski definition) is 5. The van der Waals surface area contributed by atoms with E-state index in [1.54, 1.807) is 60.7 Å². The number of rotatable bonds is 8. The minimum Gasteiger partial charge on any atom is -0.495 e. The monoisotopic (exact) mass is 441 g/mol. The molecule has 3 aromatic carbocycles. The molecule has 0 unspecified atom stereocenters. The molecule has 33 heavy (non-hydrogen) atoms. The van der Waals surface area contributed by atoms with Crippen LogP contribution in [0.5, 0.6) is 11.5 Å². The first kappa shape index (κ1) is 23.1. The third kappa shape index (κ3) is 6.45. The summed E-state index contributed by atoms with van der Waals surface area (Å²) in [5.74, 6) is -0.0167. The predicted molar refractivity (Wildman–Crippen MR) is 127 cm³/mol. The lowest BCUT2D eigenvalue weighted by Gasteiger charge is -2.12. The van der Waals surface area contributed by atoms with Crippen LogP contribution in [-0.2, 0) is 9.59 Å². The number of aryl methyl sites for hydroxylation is 1. The minimum absolute atomic E-state index is 0.0925. The van der Waals surface area contributed by atoms with Gasteiger partial charge in [-0.25, -0.2) is 0 Å². The topological polar surface area (TPSA) is 100 Å². The van der Waals surface area contributed by atoms with Crippen molar-refractivity contribution in [1.82, 2.24) is 0 Å². The number of carbonyl (C=O) groups excluding carboxylic acids is 2. The maximum atomic E-state index is 12.6. The van der Waals surface area contributed by atoms with E-state index >= 15 is 0 Å². The molecule has 0 fully saturated rings. The van der Waals surface area contributed by atoms with Gasteiger partial charge in [-0.2, -0.15) is 5.26 Å². The van der Waals surface area contributed by atoms with Crippen molar-refractivity contribution in [1.29, 1.82) is 5.26 Å². The Morgan fingerprint density at radius 3 is 2.30 bits per heavy atom. The van der Waals surface area contributed by atoms with Crippen LogP contribution >= 0.6 is 0 Å². The number of benzene rings is 3. The van der Waals surface area contributed by atoms with Gasteiger partial charge in [0.1, 0.15) is 23.1 Å². The summed E-state index contributed by atoms with van der Waals surface area (Å²) in [6, 6.07) is 23.1. The molecule has 0 aliphatic carbocycles. The summed E-state index contributed by atoms with van der Waals surface area (Å²) in [4.78, 5) is 24.9. The summed E-state index contributed by atoms with van der Waals surface area (Å²) < 4.78 is 10.9. The molecule has 2 amide bonds. The van der Waals surface area contributed by atoms with E-state index in [4.69, 9.17) is 9.47 Å². The van der Waals surface area contributed by atoms with Crippen molar-refractivity contribution in [3.63, 3.8) is 0 Å². The Hall–Kier alpha value is -4.57. The van der Waals surface area contributed by atoms with Crippen LogP contribution in [0.25, 0.3) is 6.08 Å². The van der Waals surface area contributed by atoms with Crippen molar-refractivity contribution in [3.8, 4) is 17.6 Å². The Balaban J connectivity index is 1.70. The zero-order chi connectivity index (χ0) is 23.6. The Morgan fingerprint density at radius 2 is 1.61 bits per heavy atom. The molecule has 0 bridgehead atoms. The van der Waals surface area contributed by atoms with Crippen molar-refractivity contribution in [2.75, 3.05) is 24.4 Å². The first-order chi connectivity index (χ1) is 16.0. The molecule has 166 valence electrons. The van der Waals surface area contributed by atoms with E-state index in [1.807, 2.05) is 25.1 Å². The standard InChI is InChI=1S/C26H23N3O4/c1-18-11-13-21(14-12-18)28-26(31)20(16-27)15-19-7-3-5-9-23(19)33-17-25(30)29-22-8-4-6-10-24(22)32-2/h3-15H,17H2,1-2H3,(H,28,31)(H,29,30)/b20-15-. The van der Waals surface area contributed by atoms with Crippen molar-refractivity contribution in [2.45, 2.75) is 6.92 Å². The molecule has 0 aromatic heterocycles. The molecular formula is C26H23N3O4. The summed E-state index contributed by atoms with van der Waals surface area (Å²) in [6.07, 6.45) is 1.43. The third-order valence-corrected chi connectivity index (χ3v) is 4.63. The SMILES string of the molecule is COc1ccccc1NC(=O)COc1ccccc1/C=C(/C#N)C(=O)Nc1ccc(C)cc1. The normalized spacial score (nSPS) is 10.6. The van der Waals surface area contributed by atoms with E-state index in [1.165, 1.54) is 13.2 Å². The average Bonchev–Trinajstić information content (AvgIpc) is 2.83. The van der Waals surface area contributed by atoms with E-state index in [0.29, 0.717) is 28.4 Å². The van der Waals surface area contributed by atoms with Gasteiger partial charge in [-0.3, -0.25) is 9.59 Å². The van der Waals surface area contributed by atoms with Gasteiger partial charge in [0.15, 0.2) is 6.61 Å². The van der Waals surface area contributed by atoms with Crippen molar-refractivity contribution >= 4 is 29.3 Å². The van der Waals surface area contributed by atoms with Crippen LogP contribution in [0.1, 0.15) is 11.1 Å². The van der Waals surface area contributed by atoms with Gasteiger partial charge in [0.2, 0.25) is 0 Å². The molecule has 0 aliphatic rings. The Labute approximate surface area is 192 Å². The summed E-state index contributed by atoms with van der Waals surface area (Å²) in [5.41, 5.74) is 2.58. The molecule has 0 atom stereocenters. The number of para-hydroxylation sites is 3. The minimum atomic E-state index is -0.537. The zero-order valence-electron chi connectivity index (χ0n) is 18.3. The zero-order valence-corrected chi connectivity index (χ0v) is 18.3. The van der Waals surface area contributed by atoms with E-state index in [9.17, 15) is 14.9 Å². The van der Waals surface area contributed by atoms with Crippen LogP contribution < -0.4 is 20.1 Å². The van der Waals surface area contributed by atoms with Crippen LogP contribution in [0, 0.1) is 18.3 Å². The van der Waals surface area contributed by atoms with Crippen LogP contribution in [0.2, 0.25) is 0 Å². The van der Waals surface area contributed by atoms with Crippen LogP contribution in [0.3, 0.4) is 0 Å². The number of nitrogens with one attached hydrogen (secondary N) is 2. The fourth-order valence-corrected chi connectivity index (χ4v) is 2.95. The number of ether oxygens (including phenoxy) is 2. The van der Waals surface area contributed by atoms with E-state index < -0.39 is 5.91 Å². The first-order valence-electron chi connectivity index (χ1n) is 10.1. The van der Waals surface area contributed by atoms with Crippen LogP contribution in [-0.4, -0.2) is 25.5 Å². The van der Waals surface area contributed by atoms with Gasteiger partial charge in [-0.15, -0.1) is 0 Å². The smallest absolute Gasteiger partial charge is 0.266 e. The number of anilines is 2. The van der Waals surface area contributed by atoms with Gasteiger partial charge in [0, 0.05) is 11.3 Å². The lowest BCUT2D eigenvalue weighted by atomic mass is 10.1. The van der Waals surface area contributed by atoms with Crippen LogP contribution in [0.15, 0.2) is 78.4 Å². The number of amides is 2. The highest BCUT2D eigenvalue weighted by Gasteiger charge is 2.13. The summed E-state index contributed by atoms with van der Waals surface area (Å²) >= 11 is 0. The lowest BCUT2D eigenvalue weighted by Crippen LogP contribution is -2.20. The number of carbonyl (C=O) groups is 2.